The van der Waals surface area contributed by atoms with Gasteiger partial charge in [0.05, 0.1) is 5.92 Å². The number of aliphatic carboxylic acids is 1. The summed E-state index contributed by atoms with van der Waals surface area (Å²) in [5, 5.41) is 9.52. The molecule has 4 bridgehead atoms. The molecule has 2 aromatic rings. The lowest BCUT2D eigenvalue weighted by Gasteiger charge is -2.57. The highest BCUT2D eigenvalue weighted by atomic mass is 16.4. The number of nitrogens with one attached hydrogen (secondary N) is 1. The van der Waals surface area contributed by atoms with E-state index in [1.54, 1.807) is 4.90 Å². The van der Waals surface area contributed by atoms with Gasteiger partial charge in [0.25, 0.3) is 5.91 Å². The molecule has 6 heteroatoms. The highest BCUT2D eigenvalue weighted by molar-refractivity contribution is 5.94. The number of benzene rings is 1. The van der Waals surface area contributed by atoms with Gasteiger partial charge in [0.2, 0.25) is 0 Å². The zero-order chi connectivity index (χ0) is 24.2. The molecule has 1 unspecified atom stereocenters. The maximum atomic E-state index is 13.7. The number of aromatic nitrogens is 2. The van der Waals surface area contributed by atoms with Crippen molar-refractivity contribution in [1.29, 1.82) is 0 Å². The van der Waals surface area contributed by atoms with Crippen molar-refractivity contribution >= 4 is 11.9 Å². The molecule has 1 saturated heterocycles. The van der Waals surface area contributed by atoms with Crippen LogP contribution in [0.3, 0.4) is 0 Å². The Labute approximate surface area is 207 Å². The van der Waals surface area contributed by atoms with Crippen molar-refractivity contribution in [3.63, 3.8) is 0 Å². The molecule has 1 aromatic carbocycles. The number of hydrogen-bond acceptors (Lipinski definition) is 3. The predicted molar refractivity (Wildman–Crippen MR) is 134 cm³/mol. The number of aryl methyl sites for hydroxylation is 2. The number of hydrogen-bond donors (Lipinski definition) is 2. The third-order valence-corrected chi connectivity index (χ3v) is 9.51. The molecule has 4 aliphatic carbocycles. The fourth-order valence-corrected chi connectivity index (χ4v) is 8.23. The van der Waals surface area contributed by atoms with Gasteiger partial charge in [0.1, 0.15) is 11.5 Å². The summed E-state index contributed by atoms with van der Waals surface area (Å²) in [5.41, 5.74) is 4.00. The topological polar surface area (TPSA) is 86.3 Å². The summed E-state index contributed by atoms with van der Waals surface area (Å²) >= 11 is 0. The van der Waals surface area contributed by atoms with Gasteiger partial charge < -0.3 is 15.0 Å². The molecule has 1 atom stereocenters. The van der Waals surface area contributed by atoms with E-state index < -0.39 is 11.9 Å². The SMILES string of the molecule is Cc1ccccc1-c1nc(C(=O)N2CCCC(C(=O)O)C2)c(CCC23CC4CC(CC(C4)C2)C3)[nH]1. The minimum absolute atomic E-state index is 0.118. The van der Waals surface area contributed by atoms with E-state index in [0.717, 1.165) is 59.7 Å². The van der Waals surface area contributed by atoms with Gasteiger partial charge in [-0.05, 0) is 99.9 Å². The van der Waals surface area contributed by atoms with Gasteiger partial charge in [-0.3, -0.25) is 9.59 Å². The van der Waals surface area contributed by atoms with Crippen LogP contribution in [0.2, 0.25) is 0 Å². The van der Waals surface area contributed by atoms with Crippen LogP contribution >= 0.6 is 0 Å². The van der Waals surface area contributed by atoms with Crippen molar-refractivity contribution in [2.45, 2.75) is 71.1 Å². The average Bonchev–Trinajstić information content (AvgIpc) is 3.26. The van der Waals surface area contributed by atoms with Crippen LogP contribution in [0.4, 0.5) is 0 Å². The number of likely N-dealkylation sites (tertiary alicyclic amines) is 1. The summed E-state index contributed by atoms with van der Waals surface area (Å²) in [4.78, 5) is 35.4. The molecular formula is C29H37N3O3. The summed E-state index contributed by atoms with van der Waals surface area (Å²) in [6.45, 7) is 2.94. The van der Waals surface area contributed by atoms with E-state index in [1.165, 1.54) is 38.5 Å². The second kappa shape index (κ2) is 8.79. The summed E-state index contributed by atoms with van der Waals surface area (Å²) in [7, 11) is 0. The van der Waals surface area contributed by atoms with Crippen molar-refractivity contribution in [3.8, 4) is 11.4 Å². The number of nitrogens with zero attached hydrogens (tertiary/aromatic N) is 2. The van der Waals surface area contributed by atoms with Gasteiger partial charge in [0, 0.05) is 24.3 Å². The van der Waals surface area contributed by atoms with Gasteiger partial charge in [-0.15, -0.1) is 0 Å². The van der Waals surface area contributed by atoms with Gasteiger partial charge >= 0.3 is 5.97 Å². The van der Waals surface area contributed by atoms with Crippen LogP contribution < -0.4 is 0 Å². The zero-order valence-corrected chi connectivity index (χ0v) is 20.8. The number of amides is 1. The first-order chi connectivity index (χ1) is 16.9. The van der Waals surface area contributed by atoms with Crippen LogP contribution in [-0.2, 0) is 11.2 Å². The maximum absolute atomic E-state index is 13.7. The number of carboxylic acids is 1. The average molecular weight is 476 g/mol. The number of piperidine rings is 1. The zero-order valence-electron chi connectivity index (χ0n) is 20.8. The monoisotopic (exact) mass is 475 g/mol. The molecule has 4 saturated carbocycles. The number of carboxylic acid groups (broad SMARTS) is 1. The molecule has 186 valence electrons. The molecule has 35 heavy (non-hydrogen) atoms. The van der Waals surface area contributed by atoms with Gasteiger partial charge in [-0.25, -0.2) is 4.98 Å². The Hall–Kier alpha value is -2.63. The van der Waals surface area contributed by atoms with E-state index in [9.17, 15) is 14.7 Å². The molecule has 0 spiro atoms. The molecule has 2 N–H and O–H groups in total. The van der Waals surface area contributed by atoms with Crippen molar-refractivity contribution in [2.75, 3.05) is 13.1 Å². The molecular weight excluding hydrogens is 438 g/mol. The van der Waals surface area contributed by atoms with Crippen molar-refractivity contribution in [3.05, 3.63) is 41.2 Å². The van der Waals surface area contributed by atoms with Gasteiger partial charge in [0.15, 0.2) is 0 Å². The van der Waals surface area contributed by atoms with Gasteiger partial charge in [-0.2, -0.15) is 0 Å². The lowest BCUT2D eigenvalue weighted by atomic mass is 9.48. The Balaban J connectivity index is 1.29. The van der Waals surface area contributed by atoms with Crippen LogP contribution in [0.25, 0.3) is 11.4 Å². The van der Waals surface area contributed by atoms with E-state index in [-0.39, 0.29) is 12.5 Å². The van der Waals surface area contributed by atoms with Crippen LogP contribution in [-0.4, -0.2) is 44.9 Å². The largest absolute Gasteiger partial charge is 0.481 e. The van der Waals surface area contributed by atoms with Gasteiger partial charge in [-0.1, -0.05) is 24.3 Å². The Bertz CT molecular complexity index is 1100. The first kappa shape index (κ1) is 22.8. The third kappa shape index (κ3) is 4.30. The predicted octanol–water partition coefficient (Wildman–Crippen LogP) is 5.47. The normalized spacial score (nSPS) is 31.6. The number of carbonyl (C=O) groups is 2. The minimum atomic E-state index is -0.813. The van der Waals surface area contributed by atoms with Crippen molar-refractivity contribution in [2.24, 2.45) is 29.1 Å². The molecule has 1 aromatic heterocycles. The number of carbonyl (C=O) groups excluding carboxylic acids is 1. The number of rotatable bonds is 6. The first-order valence-corrected chi connectivity index (χ1v) is 13.6. The van der Waals surface area contributed by atoms with E-state index >= 15 is 0 Å². The Kier molecular flexibility index (Phi) is 5.73. The molecule has 5 aliphatic rings. The second-order valence-electron chi connectivity index (χ2n) is 12.1. The van der Waals surface area contributed by atoms with E-state index in [1.807, 2.05) is 18.2 Å². The molecule has 6 nitrogen and oxygen atoms in total. The van der Waals surface area contributed by atoms with Crippen LogP contribution in [0, 0.1) is 36.0 Å². The van der Waals surface area contributed by atoms with Crippen molar-refractivity contribution < 1.29 is 14.7 Å². The quantitative estimate of drug-likeness (QED) is 0.580. The third-order valence-electron chi connectivity index (χ3n) is 9.51. The lowest BCUT2D eigenvalue weighted by Crippen LogP contribution is -2.46. The standard InChI is InChI=1S/C29H37N3O3/c1-18-5-2-3-7-23(18)26-30-24(8-9-29-14-19-11-20(15-29)13-21(12-19)16-29)25(31-26)27(33)32-10-4-6-22(17-32)28(34)35/h2-3,5,7,19-22H,4,6,8-17H2,1H3,(H,30,31)(H,34,35). The Morgan fingerprint density at radius 2 is 1.80 bits per heavy atom. The van der Waals surface area contributed by atoms with Crippen LogP contribution in [0.5, 0.6) is 0 Å². The van der Waals surface area contributed by atoms with E-state index in [0.29, 0.717) is 24.1 Å². The van der Waals surface area contributed by atoms with Crippen LogP contribution in [0.1, 0.15) is 79.5 Å². The number of imidazole rings is 1. The summed E-state index contributed by atoms with van der Waals surface area (Å²) in [6.07, 6.45) is 11.7. The van der Waals surface area contributed by atoms with Crippen molar-refractivity contribution in [1.82, 2.24) is 14.9 Å². The number of H-pyrrole nitrogens is 1. The first-order valence-electron chi connectivity index (χ1n) is 13.6. The number of aromatic amines is 1. The Morgan fingerprint density at radius 3 is 2.46 bits per heavy atom. The minimum Gasteiger partial charge on any atom is -0.481 e. The summed E-state index contributed by atoms with van der Waals surface area (Å²) < 4.78 is 0. The molecule has 2 heterocycles. The Morgan fingerprint density at radius 1 is 1.11 bits per heavy atom. The highest BCUT2D eigenvalue weighted by Gasteiger charge is 2.50. The van der Waals surface area contributed by atoms with Crippen LogP contribution in [0.15, 0.2) is 24.3 Å². The molecule has 7 rings (SSSR count). The molecule has 1 amide bonds. The smallest absolute Gasteiger partial charge is 0.308 e. The molecule has 5 fully saturated rings. The highest BCUT2D eigenvalue weighted by Crippen LogP contribution is 2.61. The van der Waals surface area contributed by atoms with E-state index in [4.69, 9.17) is 4.98 Å². The fourth-order valence-electron chi connectivity index (χ4n) is 8.23. The summed E-state index contributed by atoms with van der Waals surface area (Å²) in [5.74, 6) is 2.06. The lowest BCUT2D eigenvalue weighted by molar-refractivity contribution is -0.143. The maximum Gasteiger partial charge on any atom is 0.308 e. The molecule has 1 aliphatic heterocycles. The molecule has 0 radical (unpaired) electrons. The summed E-state index contributed by atoms with van der Waals surface area (Å²) in [6, 6.07) is 8.13. The van der Waals surface area contributed by atoms with E-state index in [2.05, 4.69) is 18.0 Å². The second-order valence-corrected chi connectivity index (χ2v) is 12.1. The fraction of sp³-hybridized carbons (Fsp3) is 0.621.